The van der Waals surface area contributed by atoms with E-state index >= 15 is 0 Å². The lowest BCUT2D eigenvalue weighted by Crippen LogP contribution is -2.13. The number of amides is 1. The van der Waals surface area contributed by atoms with Crippen LogP contribution in [0.2, 0.25) is 0 Å². The van der Waals surface area contributed by atoms with Crippen LogP contribution in [0.4, 0.5) is 5.69 Å². The first-order chi connectivity index (χ1) is 10.8. The van der Waals surface area contributed by atoms with E-state index in [4.69, 9.17) is 5.11 Å². The van der Waals surface area contributed by atoms with Crippen molar-refractivity contribution in [2.45, 2.75) is 4.90 Å². The zero-order valence-corrected chi connectivity index (χ0v) is 14.0. The summed E-state index contributed by atoms with van der Waals surface area (Å²) in [6.07, 6.45) is 0. The fourth-order valence-electron chi connectivity index (χ4n) is 2.35. The van der Waals surface area contributed by atoms with Crippen LogP contribution in [-0.2, 0) is 4.79 Å². The maximum Gasteiger partial charge on any atom is 0.246 e. The van der Waals surface area contributed by atoms with Gasteiger partial charge in [0.05, 0.1) is 18.0 Å². The Balaban J connectivity index is 0.00000192. The number of hydrogen-bond donors (Lipinski definition) is 2. The molecule has 0 fully saturated rings. The van der Waals surface area contributed by atoms with E-state index in [9.17, 15) is 4.79 Å². The molecule has 2 N–H and O–H groups in total. The Morgan fingerprint density at radius 2 is 1.96 bits per heavy atom. The maximum atomic E-state index is 11.8. The van der Waals surface area contributed by atoms with Crippen molar-refractivity contribution in [2.75, 3.05) is 24.2 Å². The van der Waals surface area contributed by atoms with Gasteiger partial charge in [0.25, 0.3) is 0 Å². The number of anilines is 1. The van der Waals surface area contributed by atoms with Crippen LogP contribution in [0.5, 0.6) is 0 Å². The third-order valence-electron chi connectivity index (χ3n) is 3.31. The van der Waals surface area contributed by atoms with Crippen molar-refractivity contribution >= 4 is 41.5 Å². The molecule has 0 aliphatic carbocycles. The average molecular weight is 349 g/mol. The lowest BCUT2D eigenvalue weighted by Gasteiger charge is -2.12. The molecule has 0 spiro atoms. The van der Waals surface area contributed by atoms with Gasteiger partial charge in [-0.05, 0) is 18.2 Å². The second-order valence-electron chi connectivity index (χ2n) is 4.86. The van der Waals surface area contributed by atoms with Crippen LogP contribution in [0.3, 0.4) is 0 Å². The molecule has 0 atom stereocenters. The molecule has 3 rings (SSSR count). The number of aliphatic hydroxyl groups excluding tert-OH is 1. The number of hydrogen-bond acceptors (Lipinski definition) is 4. The summed E-state index contributed by atoms with van der Waals surface area (Å²) in [7, 11) is 0. The van der Waals surface area contributed by atoms with Crippen LogP contribution < -0.4 is 5.32 Å². The summed E-state index contributed by atoms with van der Waals surface area (Å²) in [6.45, 7) is 0.260. The minimum Gasteiger partial charge on any atom is -0.396 e. The van der Waals surface area contributed by atoms with E-state index in [1.54, 1.807) is 11.8 Å². The number of nitrogens with zero attached hydrogens (tertiary/aromatic N) is 1. The van der Waals surface area contributed by atoms with E-state index in [1.807, 2.05) is 48.5 Å². The second kappa shape index (κ2) is 8.15. The maximum absolute atomic E-state index is 11.8. The minimum atomic E-state index is -0.108. The van der Waals surface area contributed by atoms with Crippen LogP contribution >= 0.6 is 24.2 Å². The quantitative estimate of drug-likeness (QED) is 0.835. The number of carbonyl (C=O) groups excluding carboxylic acids is 1. The number of rotatable bonds is 4. The number of aliphatic hydroxyl groups is 1. The Labute approximate surface area is 145 Å². The highest BCUT2D eigenvalue weighted by molar-refractivity contribution is 7.99. The number of benzodiazepines with no additional fused rings is 1. The normalized spacial score (nSPS) is 13.3. The van der Waals surface area contributed by atoms with Gasteiger partial charge in [-0.25, -0.2) is 0 Å². The fraction of sp³-hybridized carbons (Fsp3) is 0.176. The molecule has 0 bridgehead atoms. The summed E-state index contributed by atoms with van der Waals surface area (Å²) >= 11 is 1.58. The van der Waals surface area contributed by atoms with E-state index in [0.29, 0.717) is 5.75 Å². The van der Waals surface area contributed by atoms with Gasteiger partial charge in [-0.1, -0.05) is 30.3 Å². The molecule has 1 heterocycles. The van der Waals surface area contributed by atoms with Gasteiger partial charge in [0.2, 0.25) is 5.91 Å². The molecule has 4 nitrogen and oxygen atoms in total. The van der Waals surface area contributed by atoms with Crippen molar-refractivity contribution in [3.63, 3.8) is 0 Å². The van der Waals surface area contributed by atoms with Crippen molar-refractivity contribution < 1.29 is 9.90 Å². The Kier molecular flexibility index (Phi) is 6.21. The van der Waals surface area contributed by atoms with Gasteiger partial charge in [-0.15, -0.1) is 24.2 Å². The lowest BCUT2D eigenvalue weighted by atomic mass is 10.0. The Bertz CT molecular complexity index is 720. The van der Waals surface area contributed by atoms with Gasteiger partial charge in [-0.3, -0.25) is 9.79 Å². The number of carbonyl (C=O) groups is 1. The van der Waals surface area contributed by atoms with Crippen LogP contribution in [0.15, 0.2) is 58.4 Å². The first-order valence-corrected chi connectivity index (χ1v) is 8.04. The Hall–Kier alpha value is -1.82. The second-order valence-corrected chi connectivity index (χ2v) is 6.03. The molecule has 120 valence electrons. The zero-order valence-electron chi connectivity index (χ0n) is 12.4. The van der Waals surface area contributed by atoms with E-state index in [2.05, 4.69) is 10.3 Å². The molecular formula is C17H17ClN2O2S. The monoisotopic (exact) mass is 348 g/mol. The smallest absolute Gasteiger partial charge is 0.246 e. The molecule has 0 unspecified atom stereocenters. The van der Waals surface area contributed by atoms with Gasteiger partial charge in [-0.2, -0.15) is 0 Å². The van der Waals surface area contributed by atoms with Crippen LogP contribution in [0, 0.1) is 0 Å². The van der Waals surface area contributed by atoms with E-state index in [0.717, 1.165) is 27.4 Å². The van der Waals surface area contributed by atoms with Crippen LogP contribution in [0.1, 0.15) is 11.1 Å². The fourth-order valence-corrected chi connectivity index (χ4v) is 3.04. The number of benzene rings is 2. The van der Waals surface area contributed by atoms with Gasteiger partial charge < -0.3 is 10.4 Å². The molecule has 0 aromatic heterocycles. The third kappa shape index (κ3) is 4.13. The number of thioether (sulfide) groups is 1. The van der Waals surface area contributed by atoms with E-state index in [1.165, 1.54) is 0 Å². The number of aliphatic imine (C=N–C) groups is 1. The van der Waals surface area contributed by atoms with Crippen molar-refractivity contribution in [1.29, 1.82) is 0 Å². The third-order valence-corrected chi connectivity index (χ3v) is 4.28. The highest BCUT2D eigenvalue weighted by Gasteiger charge is 2.18. The molecule has 0 saturated heterocycles. The first kappa shape index (κ1) is 17.5. The standard InChI is InChI=1S/C17H16N2O2S.ClH/c20-8-9-22-13-6-7-15-14(10-13)17(18-11-16(21)19-15)12-4-2-1-3-5-12;/h1-7,10,20H,8-9,11H2,(H,19,21);1H. The molecule has 23 heavy (non-hydrogen) atoms. The summed E-state index contributed by atoms with van der Waals surface area (Å²) in [5, 5.41) is 11.9. The van der Waals surface area contributed by atoms with Crippen LogP contribution in [-0.4, -0.2) is 35.6 Å². The number of nitrogens with one attached hydrogen (secondary N) is 1. The van der Waals surface area contributed by atoms with Gasteiger partial charge >= 0.3 is 0 Å². The molecule has 1 amide bonds. The van der Waals surface area contributed by atoms with Crippen molar-refractivity contribution in [3.05, 3.63) is 59.7 Å². The lowest BCUT2D eigenvalue weighted by molar-refractivity contribution is -0.114. The first-order valence-electron chi connectivity index (χ1n) is 7.06. The molecule has 1 aliphatic heterocycles. The summed E-state index contributed by atoms with van der Waals surface area (Å²) in [4.78, 5) is 17.4. The predicted octanol–water partition coefficient (Wildman–Crippen LogP) is 2.98. The largest absolute Gasteiger partial charge is 0.396 e. The number of halogens is 1. The topological polar surface area (TPSA) is 61.7 Å². The molecule has 2 aromatic rings. The van der Waals surface area contributed by atoms with Gasteiger partial charge in [0.15, 0.2) is 0 Å². The van der Waals surface area contributed by atoms with Gasteiger partial charge in [0.1, 0.15) is 6.54 Å². The highest BCUT2D eigenvalue weighted by atomic mass is 35.5. The SMILES string of the molecule is Cl.O=C1CN=C(c2ccccc2)c2cc(SCCO)ccc2N1. The van der Waals surface area contributed by atoms with Crippen LogP contribution in [0.25, 0.3) is 0 Å². The summed E-state index contributed by atoms with van der Waals surface area (Å²) in [5.41, 5.74) is 3.50. The zero-order chi connectivity index (χ0) is 15.4. The molecule has 0 radical (unpaired) electrons. The minimum absolute atomic E-state index is 0. The molecule has 2 aromatic carbocycles. The van der Waals surface area contributed by atoms with Crippen molar-refractivity contribution in [1.82, 2.24) is 0 Å². The Morgan fingerprint density at radius 1 is 1.17 bits per heavy atom. The molecule has 6 heteroatoms. The van der Waals surface area contributed by atoms with Crippen molar-refractivity contribution in [2.24, 2.45) is 4.99 Å². The average Bonchev–Trinajstić information content (AvgIpc) is 2.71. The van der Waals surface area contributed by atoms with Gasteiger partial charge in [0, 0.05) is 21.8 Å². The predicted molar refractivity (Wildman–Crippen MR) is 97.1 cm³/mol. The summed E-state index contributed by atoms with van der Waals surface area (Å²) in [5.74, 6) is 0.533. The molecule has 0 saturated carbocycles. The molecular weight excluding hydrogens is 332 g/mol. The summed E-state index contributed by atoms with van der Waals surface area (Å²) in [6, 6.07) is 15.7. The van der Waals surface area contributed by atoms with E-state index in [-0.39, 0.29) is 31.5 Å². The Morgan fingerprint density at radius 3 is 2.70 bits per heavy atom. The number of fused-ring (bicyclic) bond motifs is 1. The highest BCUT2D eigenvalue weighted by Crippen LogP contribution is 2.28. The van der Waals surface area contributed by atoms with E-state index < -0.39 is 0 Å². The van der Waals surface area contributed by atoms with Crippen molar-refractivity contribution in [3.8, 4) is 0 Å². The summed E-state index contributed by atoms with van der Waals surface area (Å²) < 4.78 is 0. The molecule has 1 aliphatic rings.